The van der Waals surface area contributed by atoms with E-state index < -0.39 is 0 Å². The van der Waals surface area contributed by atoms with Crippen LogP contribution in [0.15, 0.2) is 39.1 Å². The molecule has 0 radical (unpaired) electrons. The van der Waals surface area contributed by atoms with Crippen molar-refractivity contribution in [3.8, 4) is 0 Å². The van der Waals surface area contributed by atoms with Crippen LogP contribution in [0.4, 0.5) is 5.69 Å². The Hall–Kier alpha value is -1.07. The van der Waals surface area contributed by atoms with E-state index in [1.54, 1.807) is 0 Å². The van der Waals surface area contributed by atoms with Crippen molar-refractivity contribution in [1.82, 2.24) is 4.57 Å². The molecule has 1 aromatic carbocycles. The van der Waals surface area contributed by atoms with Gasteiger partial charge < -0.3 is 9.88 Å². The van der Waals surface area contributed by atoms with Crippen LogP contribution in [0.2, 0.25) is 0 Å². The SMILES string of the molecule is Cn1c(CCNc2ccc(Br)cc2)csc1=NC12CC3CC(CC(C3)C1)C2. The summed E-state index contributed by atoms with van der Waals surface area (Å²) >= 11 is 5.32. The molecule has 4 fully saturated rings. The maximum absolute atomic E-state index is 5.40. The average Bonchev–Trinajstić information content (AvgIpc) is 2.95. The van der Waals surface area contributed by atoms with Gasteiger partial charge in [0.25, 0.3) is 0 Å². The van der Waals surface area contributed by atoms with Crippen LogP contribution < -0.4 is 10.1 Å². The lowest BCUT2D eigenvalue weighted by molar-refractivity contribution is -0.000362. The number of halogens is 1. The molecule has 0 aliphatic heterocycles. The topological polar surface area (TPSA) is 29.3 Å². The third kappa shape index (κ3) is 3.65. The molecule has 0 atom stereocenters. The number of hydrogen-bond acceptors (Lipinski definition) is 3. The monoisotopic (exact) mass is 445 g/mol. The van der Waals surface area contributed by atoms with Gasteiger partial charge in [-0.2, -0.15) is 0 Å². The first-order valence-electron chi connectivity index (χ1n) is 10.3. The summed E-state index contributed by atoms with van der Waals surface area (Å²) in [7, 11) is 2.20. The number of hydrogen-bond donors (Lipinski definition) is 1. The van der Waals surface area contributed by atoms with Crippen LogP contribution in [0.5, 0.6) is 0 Å². The van der Waals surface area contributed by atoms with Gasteiger partial charge >= 0.3 is 0 Å². The minimum atomic E-state index is 0.268. The Balaban J connectivity index is 1.29. The lowest BCUT2D eigenvalue weighted by atomic mass is 9.53. The predicted molar refractivity (Wildman–Crippen MR) is 116 cm³/mol. The van der Waals surface area contributed by atoms with Crippen molar-refractivity contribution in [3.63, 3.8) is 0 Å². The van der Waals surface area contributed by atoms with Crippen LogP contribution in [0.3, 0.4) is 0 Å². The Morgan fingerprint density at radius 3 is 2.37 bits per heavy atom. The number of nitrogens with zero attached hydrogens (tertiary/aromatic N) is 2. The molecular formula is C22H28BrN3S. The molecule has 0 spiro atoms. The second kappa shape index (κ2) is 7.07. The first kappa shape index (κ1) is 18.0. The molecule has 4 bridgehead atoms. The molecular weight excluding hydrogens is 418 g/mol. The quantitative estimate of drug-likeness (QED) is 0.657. The van der Waals surface area contributed by atoms with Crippen LogP contribution in [0.1, 0.15) is 44.2 Å². The van der Waals surface area contributed by atoms with Gasteiger partial charge in [-0.15, -0.1) is 11.3 Å². The maximum Gasteiger partial charge on any atom is 0.185 e. The summed E-state index contributed by atoms with van der Waals surface area (Å²) in [6.07, 6.45) is 9.51. The normalized spacial score (nSPS) is 32.2. The van der Waals surface area contributed by atoms with Crippen LogP contribution in [0.25, 0.3) is 0 Å². The molecule has 4 saturated carbocycles. The first-order chi connectivity index (χ1) is 13.1. The van der Waals surface area contributed by atoms with Gasteiger partial charge in [0.1, 0.15) is 0 Å². The standard InChI is InChI=1S/C22H28BrN3S/c1-26-20(6-7-24-19-4-2-18(23)3-5-19)14-27-21(26)25-22-11-15-8-16(12-22)10-17(9-15)13-22/h2-5,14-17,24H,6-13H2,1H3. The largest absolute Gasteiger partial charge is 0.385 e. The maximum atomic E-state index is 5.40. The molecule has 6 rings (SSSR count). The summed E-state index contributed by atoms with van der Waals surface area (Å²) in [5.41, 5.74) is 2.83. The van der Waals surface area contributed by atoms with Gasteiger partial charge in [-0.3, -0.25) is 4.99 Å². The molecule has 0 saturated heterocycles. The smallest absolute Gasteiger partial charge is 0.185 e. The fourth-order valence-corrected chi connectivity index (χ4v) is 7.34. The van der Waals surface area contributed by atoms with Crippen LogP contribution in [0, 0.1) is 17.8 Å². The highest BCUT2D eigenvalue weighted by Gasteiger charge is 2.51. The molecule has 0 amide bonds. The number of thiazole rings is 1. The van der Waals surface area contributed by atoms with E-state index in [0.29, 0.717) is 0 Å². The summed E-state index contributed by atoms with van der Waals surface area (Å²) in [5, 5.41) is 5.83. The van der Waals surface area contributed by atoms with Crippen molar-refractivity contribution in [3.05, 3.63) is 44.6 Å². The molecule has 1 N–H and O–H groups in total. The first-order valence-corrected chi connectivity index (χ1v) is 11.9. The zero-order chi connectivity index (χ0) is 18.4. The van der Waals surface area contributed by atoms with E-state index in [1.807, 2.05) is 11.3 Å². The Bertz CT molecular complexity index is 844. The number of nitrogens with one attached hydrogen (secondary N) is 1. The summed E-state index contributed by atoms with van der Waals surface area (Å²) in [6.45, 7) is 0.947. The van der Waals surface area contributed by atoms with E-state index in [4.69, 9.17) is 4.99 Å². The van der Waals surface area contributed by atoms with Gasteiger partial charge in [0.2, 0.25) is 0 Å². The van der Waals surface area contributed by atoms with Crippen LogP contribution >= 0.6 is 27.3 Å². The van der Waals surface area contributed by atoms with Crippen molar-refractivity contribution in [2.24, 2.45) is 29.8 Å². The molecule has 0 unspecified atom stereocenters. The molecule has 27 heavy (non-hydrogen) atoms. The number of benzene rings is 1. The fraction of sp³-hybridized carbons (Fsp3) is 0.591. The van der Waals surface area contributed by atoms with Gasteiger partial charge in [-0.25, -0.2) is 0 Å². The highest BCUT2D eigenvalue weighted by molar-refractivity contribution is 9.10. The Kier molecular flexibility index (Phi) is 4.71. The average molecular weight is 446 g/mol. The summed E-state index contributed by atoms with van der Waals surface area (Å²) in [5.74, 6) is 2.87. The molecule has 144 valence electrons. The van der Waals surface area contributed by atoms with Crippen molar-refractivity contribution in [1.29, 1.82) is 0 Å². The molecule has 1 aromatic heterocycles. The van der Waals surface area contributed by atoms with E-state index in [2.05, 4.69) is 62.5 Å². The predicted octanol–water partition coefficient (Wildman–Crippen LogP) is 5.37. The van der Waals surface area contributed by atoms with Crippen molar-refractivity contribution >= 4 is 33.0 Å². The number of aromatic nitrogens is 1. The Labute approximate surface area is 174 Å². The molecule has 4 aliphatic carbocycles. The van der Waals surface area contributed by atoms with E-state index in [0.717, 1.165) is 35.2 Å². The van der Waals surface area contributed by atoms with E-state index in [-0.39, 0.29) is 5.54 Å². The van der Waals surface area contributed by atoms with Crippen molar-refractivity contribution in [2.45, 2.75) is 50.5 Å². The molecule has 5 heteroatoms. The lowest BCUT2D eigenvalue weighted by Gasteiger charge is -2.54. The van der Waals surface area contributed by atoms with Gasteiger partial charge in [0, 0.05) is 41.2 Å². The minimum absolute atomic E-state index is 0.268. The highest BCUT2D eigenvalue weighted by atomic mass is 79.9. The second-order valence-corrected chi connectivity index (χ2v) is 10.8. The van der Waals surface area contributed by atoms with E-state index in [9.17, 15) is 0 Å². The van der Waals surface area contributed by atoms with Crippen LogP contribution in [-0.2, 0) is 13.5 Å². The Morgan fingerprint density at radius 2 is 1.74 bits per heavy atom. The van der Waals surface area contributed by atoms with Gasteiger partial charge in [-0.05, 0) is 80.5 Å². The van der Waals surface area contributed by atoms with Crippen LogP contribution in [-0.4, -0.2) is 16.7 Å². The van der Waals surface area contributed by atoms with Gasteiger partial charge in [-0.1, -0.05) is 15.9 Å². The minimum Gasteiger partial charge on any atom is -0.385 e. The van der Waals surface area contributed by atoms with E-state index in [1.165, 1.54) is 54.7 Å². The number of anilines is 1. The van der Waals surface area contributed by atoms with Crippen molar-refractivity contribution in [2.75, 3.05) is 11.9 Å². The third-order valence-corrected chi connectivity index (χ3v) is 8.41. The molecule has 2 aromatic rings. The van der Waals surface area contributed by atoms with Crippen molar-refractivity contribution < 1.29 is 0 Å². The van der Waals surface area contributed by atoms with Gasteiger partial charge in [0.15, 0.2) is 4.80 Å². The fourth-order valence-electron chi connectivity index (χ4n) is 6.04. The number of rotatable bonds is 5. The second-order valence-electron chi connectivity index (χ2n) is 9.01. The highest BCUT2D eigenvalue weighted by Crippen LogP contribution is 2.57. The van der Waals surface area contributed by atoms with E-state index >= 15 is 0 Å². The molecule has 3 nitrogen and oxygen atoms in total. The summed E-state index contributed by atoms with van der Waals surface area (Å²) < 4.78 is 3.46. The zero-order valence-corrected chi connectivity index (χ0v) is 18.4. The molecule has 1 heterocycles. The lowest BCUT2D eigenvalue weighted by Crippen LogP contribution is -2.50. The third-order valence-electron chi connectivity index (χ3n) is 6.91. The molecule has 4 aliphatic rings. The Morgan fingerprint density at radius 1 is 1.11 bits per heavy atom. The summed E-state index contributed by atoms with van der Waals surface area (Å²) in [6, 6.07) is 8.39. The zero-order valence-electron chi connectivity index (χ0n) is 16.0. The van der Waals surface area contributed by atoms with Gasteiger partial charge in [0.05, 0.1) is 5.54 Å². The summed E-state index contributed by atoms with van der Waals surface area (Å²) in [4.78, 5) is 6.63.